The van der Waals surface area contributed by atoms with Crippen molar-refractivity contribution in [2.75, 3.05) is 46.3 Å². The van der Waals surface area contributed by atoms with E-state index in [-0.39, 0.29) is 30.1 Å². The highest BCUT2D eigenvalue weighted by atomic mass is 16.5. The normalized spacial score (nSPS) is 13.2. The zero-order valence-electron chi connectivity index (χ0n) is 26.3. The summed E-state index contributed by atoms with van der Waals surface area (Å²) in [4.78, 5) is 43.1. The quantitative estimate of drug-likeness (QED) is 0.165. The summed E-state index contributed by atoms with van der Waals surface area (Å²) in [6, 6.07) is 19.4. The first-order chi connectivity index (χ1) is 21.7. The molecule has 234 valence electrons. The summed E-state index contributed by atoms with van der Waals surface area (Å²) < 4.78 is 13.7. The minimum absolute atomic E-state index is 0.0301. The number of allylic oxidation sites excluding steroid dienone is 1. The van der Waals surface area contributed by atoms with Gasteiger partial charge in [0, 0.05) is 46.5 Å². The molecule has 0 bridgehead atoms. The van der Waals surface area contributed by atoms with E-state index in [1.807, 2.05) is 50.2 Å². The van der Waals surface area contributed by atoms with Gasteiger partial charge in [0.05, 0.1) is 19.3 Å². The second-order valence-corrected chi connectivity index (χ2v) is 11.2. The molecule has 1 aliphatic rings. The Kier molecular flexibility index (Phi) is 9.53. The van der Waals surface area contributed by atoms with Crippen molar-refractivity contribution in [3.05, 3.63) is 94.9 Å². The minimum Gasteiger partial charge on any atom is -0.497 e. The molecular weight excluding hydrogens is 570 g/mol. The molecule has 2 N–H and O–H groups in total. The molecular formula is C35H39N5O5. The van der Waals surface area contributed by atoms with Gasteiger partial charge in [-0.3, -0.25) is 9.59 Å². The predicted molar refractivity (Wildman–Crippen MR) is 176 cm³/mol. The highest BCUT2D eigenvalue weighted by Gasteiger charge is 2.29. The number of hydrogen-bond donors (Lipinski definition) is 2. The molecule has 0 saturated heterocycles. The van der Waals surface area contributed by atoms with Crippen LogP contribution in [0.3, 0.4) is 0 Å². The van der Waals surface area contributed by atoms with Crippen LogP contribution in [0.4, 0.5) is 10.5 Å². The Morgan fingerprint density at radius 1 is 1.02 bits per heavy atom. The van der Waals surface area contributed by atoms with Crippen molar-refractivity contribution in [2.24, 2.45) is 0 Å². The number of anilines is 1. The number of aryl methyl sites for hydroxylation is 1. The van der Waals surface area contributed by atoms with E-state index in [2.05, 4.69) is 22.1 Å². The number of carbonyl (C=O) groups is 3. The zero-order valence-corrected chi connectivity index (χ0v) is 26.3. The summed E-state index contributed by atoms with van der Waals surface area (Å²) in [5.41, 5.74) is 4.28. The second-order valence-electron chi connectivity index (χ2n) is 11.2. The third-order valence-electron chi connectivity index (χ3n) is 7.88. The van der Waals surface area contributed by atoms with E-state index in [0.29, 0.717) is 35.5 Å². The van der Waals surface area contributed by atoms with Crippen molar-refractivity contribution < 1.29 is 23.9 Å². The van der Waals surface area contributed by atoms with Gasteiger partial charge in [-0.25, -0.2) is 4.79 Å². The lowest BCUT2D eigenvalue weighted by molar-refractivity contribution is 0.0931. The largest absolute Gasteiger partial charge is 0.497 e. The van der Waals surface area contributed by atoms with Crippen LogP contribution in [0.1, 0.15) is 45.3 Å². The molecule has 0 aliphatic carbocycles. The molecule has 0 spiro atoms. The molecule has 4 aromatic rings. The van der Waals surface area contributed by atoms with Crippen LogP contribution in [0.25, 0.3) is 17.0 Å². The molecule has 0 atom stereocenters. The first kappa shape index (κ1) is 31.3. The number of benzene rings is 3. The molecule has 1 aromatic heterocycles. The van der Waals surface area contributed by atoms with E-state index in [1.165, 1.54) is 0 Å². The van der Waals surface area contributed by atoms with Gasteiger partial charge in [0.15, 0.2) is 5.76 Å². The first-order valence-corrected chi connectivity index (χ1v) is 15.0. The lowest BCUT2D eigenvalue weighted by Gasteiger charge is -2.24. The van der Waals surface area contributed by atoms with E-state index in [4.69, 9.17) is 9.47 Å². The number of aromatic nitrogens is 1. The summed E-state index contributed by atoms with van der Waals surface area (Å²) in [5.74, 6) is 0.836. The smallest absolute Gasteiger partial charge is 0.323 e. The maximum atomic E-state index is 13.5. The Hall–Kier alpha value is -5.09. The number of rotatable bonds is 11. The third kappa shape index (κ3) is 6.86. The fourth-order valence-corrected chi connectivity index (χ4v) is 5.49. The SMILES string of the molecule is CCn1c(C)c(/C=C2\Oc3ccc(NC(=O)N(CCCN(C)C)CNC(=O)c4ccccc4)cc3C2=O)c2cc(OC)ccc21. The topological polar surface area (TPSA) is 105 Å². The highest BCUT2D eigenvalue weighted by molar-refractivity contribution is 6.16. The lowest BCUT2D eigenvalue weighted by atomic mass is 10.1. The van der Waals surface area contributed by atoms with Crippen molar-refractivity contribution in [1.82, 2.24) is 19.7 Å². The Morgan fingerprint density at radius 2 is 1.80 bits per heavy atom. The molecule has 0 radical (unpaired) electrons. The molecule has 1 aliphatic heterocycles. The summed E-state index contributed by atoms with van der Waals surface area (Å²) in [5, 5.41) is 6.69. The number of nitrogens with zero attached hydrogens (tertiary/aromatic N) is 3. The molecule has 5 rings (SSSR count). The summed E-state index contributed by atoms with van der Waals surface area (Å²) in [6.07, 6.45) is 2.50. The van der Waals surface area contributed by atoms with Gasteiger partial charge in [0.2, 0.25) is 5.78 Å². The van der Waals surface area contributed by atoms with Crippen molar-refractivity contribution in [2.45, 2.75) is 26.8 Å². The molecule has 3 aromatic carbocycles. The van der Waals surface area contributed by atoms with Crippen LogP contribution >= 0.6 is 0 Å². The summed E-state index contributed by atoms with van der Waals surface area (Å²) >= 11 is 0. The Bertz CT molecular complexity index is 1760. The van der Waals surface area contributed by atoms with Gasteiger partial charge in [-0.05, 0) is 95.5 Å². The number of nitrogens with one attached hydrogen (secondary N) is 2. The number of carbonyl (C=O) groups excluding carboxylic acids is 3. The maximum absolute atomic E-state index is 13.5. The van der Waals surface area contributed by atoms with Crippen molar-refractivity contribution in [1.29, 1.82) is 0 Å². The van der Waals surface area contributed by atoms with Crippen molar-refractivity contribution in [3.8, 4) is 11.5 Å². The number of hydrogen-bond acceptors (Lipinski definition) is 6. The molecule has 0 saturated carbocycles. The van der Waals surface area contributed by atoms with Gasteiger partial charge >= 0.3 is 6.03 Å². The number of Topliss-reactive ketones (excluding diaryl/α,β-unsaturated/α-hetero) is 1. The first-order valence-electron chi connectivity index (χ1n) is 15.0. The monoisotopic (exact) mass is 609 g/mol. The van der Waals surface area contributed by atoms with Crippen molar-refractivity contribution in [3.63, 3.8) is 0 Å². The number of ether oxygens (including phenoxy) is 2. The minimum atomic E-state index is -0.388. The predicted octanol–water partition coefficient (Wildman–Crippen LogP) is 5.77. The van der Waals surface area contributed by atoms with Crippen LogP contribution in [0, 0.1) is 6.92 Å². The van der Waals surface area contributed by atoms with Gasteiger partial charge in [0.25, 0.3) is 5.91 Å². The molecule has 0 unspecified atom stereocenters. The van der Waals surface area contributed by atoms with E-state index in [0.717, 1.165) is 41.0 Å². The van der Waals surface area contributed by atoms with Gasteiger partial charge in [-0.1, -0.05) is 18.2 Å². The number of fused-ring (bicyclic) bond motifs is 2. The fraction of sp³-hybridized carbons (Fsp3) is 0.286. The molecule has 3 amide bonds. The Morgan fingerprint density at radius 3 is 2.51 bits per heavy atom. The standard InChI is InChI=1S/C35H39N5O5/c1-6-40-23(2)27(28-20-26(44-5)14-15-30(28)40)21-32-33(41)29-19-25(13-16-31(29)45-32)37-35(43)39(18-10-17-38(3)4)22-36-34(42)24-11-8-7-9-12-24/h7-9,11-16,19-21H,6,10,17-18,22H2,1-5H3,(H,36,42)(H,37,43)/b32-21-. The van der Waals surface area contributed by atoms with E-state index in [9.17, 15) is 14.4 Å². The number of amides is 3. The van der Waals surface area contributed by atoms with Crippen LogP contribution in [0.5, 0.6) is 11.5 Å². The fourth-order valence-electron chi connectivity index (χ4n) is 5.49. The Balaban J connectivity index is 1.34. The second kappa shape index (κ2) is 13.7. The van der Waals surface area contributed by atoms with E-state index < -0.39 is 0 Å². The van der Waals surface area contributed by atoms with Crippen LogP contribution in [0.15, 0.2) is 72.5 Å². The highest BCUT2D eigenvalue weighted by Crippen LogP contribution is 2.36. The molecule has 45 heavy (non-hydrogen) atoms. The van der Waals surface area contributed by atoms with Gasteiger partial charge in [-0.15, -0.1) is 0 Å². The lowest BCUT2D eigenvalue weighted by Crippen LogP contribution is -2.44. The number of methoxy groups -OCH3 is 1. The van der Waals surface area contributed by atoms with Gasteiger partial charge in [-0.2, -0.15) is 0 Å². The maximum Gasteiger partial charge on any atom is 0.323 e. The van der Waals surface area contributed by atoms with Crippen LogP contribution in [-0.2, 0) is 6.54 Å². The van der Waals surface area contributed by atoms with E-state index in [1.54, 1.807) is 60.6 Å². The molecule has 0 fully saturated rings. The average Bonchev–Trinajstić information content (AvgIpc) is 3.50. The van der Waals surface area contributed by atoms with Crippen LogP contribution in [-0.4, -0.2) is 73.1 Å². The molecule has 10 nitrogen and oxygen atoms in total. The zero-order chi connectivity index (χ0) is 32.1. The molecule has 10 heteroatoms. The Labute approximate surface area is 263 Å². The van der Waals surface area contributed by atoms with Crippen LogP contribution < -0.4 is 20.1 Å². The van der Waals surface area contributed by atoms with Gasteiger partial charge in [0.1, 0.15) is 11.5 Å². The summed E-state index contributed by atoms with van der Waals surface area (Å²) in [7, 11) is 5.56. The van der Waals surface area contributed by atoms with E-state index >= 15 is 0 Å². The molecule has 2 heterocycles. The number of urea groups is 1. The summed E-state index contributed by atoms with van der Waals surface area (Å²) in [6.45, 7) is 6.11. The van der Waals surface area contributed by atoms with Gasteiger partial charge < -0.3 is 34.5 Å². The van der Waals surface area contributed by atoms with Crippen molar-refractivity contribution >= 4 is 40.4 Å². The average molecular weight is 610 g/mol. The third-order valence-corrected chi connectivity index (χ3v) is 7.88. The number of ketones is 1. The van der Waals surface area contributed by atoms with Crippen LogP contribution in [0.2, 0.25) is 0 Å².